The zero-order valence-corrected chi connectivity index (χ0v) is 10.4. The lowest BCUT2D eigenvalue weighted by atomic mass is 9.96. The second kappa shape index (κ2) is 5.19. The topological polar surface area (TPSA) is 39.2 Å². The quantitative estimate of drug-likeness (QED) is 0.865. The van der Waals surface area contributed by atoms with Gasteiger partial charge in [-0.25, -0.2) is 0 Å². The van der Waals surface area contributed by atoms with Crippen LogP contribution in [0.15, 0.2) is 47.1 Å². The summed E-state index contributed by atoms with van der Waals surface area (Å²) in [6.07, 6.45) is 2.81. The van der Waals surface area contributed by atoms with E-state index in [1.54, 1.807) is 6.26 Å². The summed E-state index contributed by atoms with van der Waals surface area (Å²) in [5.41, 5.74) is 8.58. The van der Waals surface area contributed by atoms with Gasteiger partial charge in [-0.05, 0) is 35.6 Å². The minimum absolute atomic E-state index is 0.170. The van der Waals surface area contributed by atoms with Gasteiger partial charge in [0, 0.05) is 0 Å². The van der Waals surface area contributed by atoms with Crippen LogP contribution >= 0.6 is 0 Å². The summed E-state index contributed by atoms with van der Waals surface area (Å²) in [5, 5.41) is 0. The smallest absolute Gasteiger partial charge is 0.124 e. The zero-order valence-electron chi connectivity index (χ0n) is 10.4. The molecule has 0 spiro atoms. The summed E-state index contributed by atoms with van der Waals surface area (Å²) in [5.74, 6) is 1.41. The number of rotatable bonds is 4. The van der Waals surface area contributed by atoms with E-state index < -0.39 is 0 Å². The third-order valence-corrected chi connectivity index (χ3v) is 3.33. The predicted octanol–water partition coefficient (Wildman–Crippen LogP) is 3.84. The summed E-state index contributed by atoms with van der Waals surface area (Å²) in [6, 6.07) is 12.1. The second-order valence-corrected chi connectivity index (χ2v) is 4.47. The molecule has 2 nitrogen and oxygen atoms in total. The standard InChI is InChI=1S/C15H19NO/c1-3-11(2)12-6-8-13(9-7-12)15(16)14-5-4-10-17-14/h4-11,15H,3,16H2,1-2H3. The van der Waals surface area contributed by atoms with Crippen molar-refractivity contribution in [3.63, 3.8) is 0 Å². The summed E-state index contributed by atoms with van der Waals surface area (Å²) < 4.78 is 5.32. The van der Waals surface area contributed by atoms with Crippen LogP contribution in [0.4, 0.5) is 0 Å². The Morgan fingerprint density at radius 2 is 1.76 bits per heavy atom. The first kappa shape index (κ1) is 11.9. The highest BCUT2D eigenvalue weighted by atomic mass is 16.3. The van der Waals surface area contributed by atoms with Crippen molar-refractivity contribution < 1.29 is 4.42 Å². The van der Waals surface area contributed by atoms with Crippen LogP contribution in [0.25, 0.3) is 0 Å². The third-order valence-electron chi connectivity index (χ3n) is 3.33. The Morgan fingerprint density at radius 3 is 2.29 bits per heavy atom. The van der Waals surface area contributed by atoms with Crippen molar-refractivity contribution >= 4 is 0 Å². The largest absolute Gasteiger partial charge is 0.467 e. The Balaban J connectivity index is 2.18. The van der Waals surface area contributed by atoms with Crippen LogP contribution in [-0.2, 0) is 0 Å². The first-order valence-electron chi connectivity index (χ1n) is 6.11. The van der Waals surface area contributed by atoms with Gasteiger partial charge in [0.2, 0.25) is 0 Å². The maximum absolute atomic E-state index is 6.13. The average molecular weight is 229 g/mol. The fraction of sp³-hybridized carbons (Fsp3) is 0.333. The lowest BCUT2D eigenvalue weighted by molar-refractivity contribution is 0.490. The summed E-state index contributed by atoms with van der Waals surface area (Å²) in [6.45, 7) is 4.44. The molecule has 2 aromatic rings. The zero-order chi connectivity index (χ0) is 12.3. The molecule has 1 aromatic carbocycles. The fourth-order valence-corrected chi connectivity index (χ4v) is 1.90. The number of hydrogen-bond donors (Lipinski definition) is 1. The molecule has 0 saturated heterocycles. The normalized spacial score (nSPS) is 14.5. The maximum atomic E-state index is 6.13. The van der Waals surface area contributed by atoms with Gasteiger partial charge in [0.15, 0.2) is 0 Å². The highest BCUT2D eigenvalue weighted by molar-refractivity contribution is 5.30. The van der Waals surface area contributed by atoms with E-state index in [-0.39, 0.29) is 6.04 Å². The van der Waals surface area contributed by atoms with Crippen molar-refractivity contribution in [2.45, 2.75) is 32.2 Å². The minimum Gasteiger partial charge on any atom is -0.467 e. The number of furan rings is 1. The maximum Gasteiger partial charge on any atom is 0.124 e. The average Bonchev–Trinajstić information content (AvgIpc) is 2.91. The van der Waals surface area contributed by atoms with Crippen LogP contribution in [0.2, 0.25) is 0 Å². The monoisotopic (exact) mass is 229 g/mol. The molecule has 2 heteroatoms. The van der Waals surface area contributed by atoms with E-state index in [2.05, 4.69) is 38.1 Å². The molecule has 0 bridgehead atoms. The van der Waals surface area contributed by atoms with Gasteiger partial charge in [0.1, 0.15) is 5.76 Å². The molecule has 2 atom stereocenters. The van der Waals surface area contributed by atoms with Crippen LogP contribution in [0.3, 0.4) is 0 Å². The van der Waals surface area contributed by atoms with Crippen molar-refractivity contribution in [2.75, 3.05) is 0 Å². The molecule has 17 heavy (non-hydrogen) atoms. The molecule has 90 valence electrons. The van der Waals surface area contributed by atoms with E-state index in [1.807, 2.05) is 12.1 Å². The third kappa shape index (κ3) is 2.59. The van der Waals surface area contributed by atoms with Gasteiger partial charge in [-0.1, -0.05) is 38.1 Å². The van der Waals surface area contributed by atoms with Crippen molar-refractivity contribution in [3.8, 4) is 0 Å². The highest BCUT2D eigenvalue weighted by Crippen LogP contribution is 2.23. The molecule has 1 aromatic heterocycles. The van der Waals surface area contributed by atoms with E-state index in [0.717, 1.165) is 17.7 Å². The fourth-order valence-electron chi connectivity index (χ4n) is 1.90. The summed E-state index contributed by atoms with van der Waals surface area (Å²) in [4.78, 5) is 0. The second-order valence-electron chi connectivity index (χ2n) is 4.47. The van der Waals surface area contributed by atoms with Crippen LogP contribution in [-0.4, -0.2) is 0 Å². The molecule has 0 aliphatic rings. The first-order chi connectivity index (χ1) is 8.22. The van der Waals surface area contributed by atoms with Crippen molar-refractivity contribution in [2.24, 2.45) is 5.73 Å². The molecule has 1 heterocycles. The van der Waals surface area contributed by atoms with Crippen LogP contribution in [0, 0.1) is 0 Å². The van der Waals surface area contributed by atoms with Gasteiger partial charge in [0.05, 0.1) is 12.3 Å². The molecule has 0 amide bonds. The van der Waals surface area contributed by atoms with Crippen molar-refractivity contribution in [1.82, 2.24) is 0 Å². The highest BCUT2D eigenvalue weighted by Gasteiger charge is 2.11. The molecule has 0 fully saturated rings. The van der Waals surface area contributed by atoms with E-state index in [0.29, 0.717) is 5.92 Å². The van der Waals surface area contributed by atoms with E-state index >= 15 is 0 Å². The molecule has 0 aliphatic carbocycles. The van der Waals surface area contributed by atoms with Crippen LogP contribution < -0.4 is 5.73 Å². The Labute approximate surface area is 102 Å². The Hall–Kier alpha value is -1.54. The van der Waals surface area contributed by atoms with Gasteiger partial charge in [-0.15, -0.1) is 0 Å². The van der Waals surface area contributed by atoms with E-state index in [9.17, 15) is 0 Å². The molecule has 0 radical (unpaired) electrons. The van der Waals surface area contributed by atoms with Crippen molar-refractivity contribution in [1.29, 1.82) is 0 Å². The van der Waals surface area contributed by atoms with Crippen molar-refractivity contribution in [3.05, 3.63) is 59.5 Å². The molecular formula is C15H19NO. The molecule has 2 rings (SSSR count). The number of benzene rings is 1. The first-order valence-corrected chi connectivity index (χ1v) is 6.11. The molecule has 2 N–H and O–H groups in total. The Morgan fingerprint density at radius 1 is 1.12 bits per heavy atom. The summed E-state index contributed by atoms with van der Waals surface area (Å²) in [7, 11) is 0. The Bertz CT molecular complexity index is 444. The van der Waals surface area contributed by atoms with Gasteiger partial charge in [0.25, 0.3) is 0 Å². The summed E-state index contributed by atoms with van der Waals surface area (Å²) >= 11 is 0. The predicted molar refractivity (Wildman–Crippen MR) is 69.9 cm³/mol. The van der Waals surface area contributed by atoms with Gasteiger partial charge in [-0.2, -0.15) is 0 Å². The lowest BCUT2D eigenvalue weighted by Crippen LogP contribution is -2.10. The SMILES string of the molecule is CCC(C)c1ccc(C(N)c2ccco2)cc1. The van der Waals surface area contributed by atoms with Crippen LogP contribution in [0.5, 0.6) is 0 Å². The van der Waals surface area contributed by atoms with E-state index in [1.165, 1.54) is 5.56 Å². The van der Waals surface area contributed by atoms with Gasteiger partial charge < -0.3 is 10.2 Å². The molecular weight excluding hydrogens is 210 g/mol. The van der Waals surface area contributed by atoms with E-state index in [4.69, 9.17) is 10.2 Å². The van der Waals surface area contributed by atoms with Crippen LogP contribution in [0.1, 0.15) is 49.1 Å². The Kier molecular flexibility index (Phi) is 3.64. The molecule has 0 aliphatic heterocycles. The lowest BCUT2D eigenvalue weighted by Gasteiger charge is -2.12. The number of hydrogen-bond acceptors (Lipinski definition) is 2. The van der Waals surface area contributed by atoms with Gasteiger partial charge in [-0.3, -0.25) is 0 Å². The number of nitrogens with two attached hydrogens (primary N) is 1. The van der Waals surface area contributed by atoms with Gasteiger partial charge >= 0.3 is 0 Å². The molecule has 2 unspecified atom stereocenters. The molecule has 0 saturated carbocycles. The minimum atomic E-state index is -0.170.